The molecule has 0 radical (unpaired) electrons. The molecule has 1 aromatic heterocycles. The Hall–Kier alpha value is 1.14. The van der Waals surface area contributed by atoms with Gasteiger partial charge in [0.05, 0.1) is 7.57 Å². The first-order chi connectivity index (χ1) is 8.44. The van der Waals surface area contributed by atoms with E-state index in [2.05, 4.69) is 67.7 Å². The summed E-state index contributed by atoms with van der Waals surface area (Å²) in [5, 5.41) is 0. The predicted octanol–water partition coefficient (Wildman–Crippen LogP) is 7.32. The van der Waals surface area contributed by atoms with E-state index in [9.17, 15) is 0 Å². The third kappa shape index (κ3) is 3.24. The van der Waals surface area contributed by atoms with Crippen molar-refractivity contribution in [3.05, 3.63) is 19.2 Å². The monoisotopic (exact) mass is 456 g/mol. The van der Waals surface area contributed by atoms with Crippen LogP contribution < -0.4 is 0 Å². The van der Waals surface area contributed by atoms with Crippen molar-refractivity contribution in [1.29, 1.82) is 0 Å². The highest BCUT2D eigenvalue weighted by Crippen LogP contribution is 2.57. The van der Waals surface area contributed by atoms with Crippen LogP contribution in [0.3, 0.4) is 0 Å². The Kier molecular flexibility index (Phi) is 5.41. The highest BCUT2D eigenvalue weighted by molar-refractivity contribution is 9.12. The first kappa shape index (κ1) is 15.5. The lowest BCUT2D eigenvalue weighted by atomic mass is 9.74. The van der Waals surface area contributed by atoms with Crippen LogP contribution in [0.1, 0.15) is 56.3 Å². The molecule has 1 atom stereocenters. The van der Waals surface area contributed by atoms with Gasteiger partial charge in [0.15, 0.2) is 0 Å². The fourth-order valence-electron chi connectivity index (χ4n) is 3.31. The molecule has 4 heteroatoms. The van der Waals surface area contributed by atoms with Crippen molar-refractivity contribution in [3.63, 3.8) is 0 Å². The molecule has 0 spiro atoms. The molecule has 0 N–H and O–H groups in total. The maximum Gasteiger partial charge on any atom is 0.0754 e. The summed E-state index contributed by atoms with van der Waals surface area (Å²) in [7, 11) is 0. The molecule has 0 aliphatic heterocycles. The Morgan fingerprint density at radius 3 is 2.33 bits per heavy atom. The van der Waals surface area contributed by atoms with Gasteiger partial charge in [-0.05, 0) is 74.1 Å². The summed E-state index contributed by atoms with van der Waals surface area (Å²) >= 11 is 13.1. The molecular weight excluding hydrogens is 440 g/mol. The average Bonchev–Trinajstić information content (AvgIpc) is 2.84. The highest BCUT2D eigenvalue weighted by Gasteiger charge is 2.42. The van der Waals surface area contributed by atoms with Gasteiger partial charge in [-0.15, -0.1) is 11.3 Å². The van der Waals surface area contributed by atoms with E-state index < -0.39 is 0 Å². The number of alkyl halides is 1. The van der Waals surface area contributed by atoms with Crippen molar-refractivity contribution >= 4 is 59.1 Å². The molecular formula is C14H19Br3S. The van der Waals surface area contributed by atoms with Crippen molar-refractivity contribution in [2.75, 3.05) is 0 Å². The van der Waals surface area contributed by atoms with Crippen LogP contribution in [0.25, 0.3) is 0 Å². The minimum Gasteiger partial charge on any atom is -0.121 e. The third-order valence-corrected chi connectivity index (χ3v) is 7.76. The summed E-state index contributed by atoms with van der Waals surface area (Å²) in [6.45, 7) is 4.69. The minimum atomic E-state index is 0.456. The van der Waals surface area contributed by atoms with Crippen molar-refractivity contribution in [2.24, 2.45) is 11.3 Å². The van der Waals surface area contributed by atoms with Crippen LogP contribution in [-0.2, 0) is 0 Å². The van der Waals surface area contributed by atoms with Gasteiger partial charge >= 0.3 is 0 Å². The average molecular weight is 459 g/mol. The minimum absolute atomic E-state index is 0.456. The molecule has 1 fully saturated rings. The van der Waals surface area contributed by atoms with Gasteiger partial charge in [0.1, 0.15) is 0 Å². The summed E-state index contributed by atoms with van der Waals surface area (Å²) in [6, 6.07) is 2.27. The maximum absolute atomic E-state index is 4.02. The van der Waals surface area contributed by atoms with Gasteiger partial charge in [-0.1, -0.05) is 42.6 Å². The van der Waals surface area contributed by atoms with E-state index in [0.717, 1.165) is 5.92 Å². The molecule has 2 rings (SSSR count). The molecule has 18 heavy (non-hydrogen) atoms. The lowest BCUT2D eigenvalue weighted by Crippen LogP contribution is -2.24. The summed E-state index contributed by atoms with van der Waals surface area (Å²) in [6.07, 6.45) is 6.82. The van der Waals surface area contributed by atoms with E-state index in [-0.39, 0.29) is 0 Å². The fourth-order valence-corrected chi connectivity index (χ4v) is 7.68. The normalized spacial score (nSPS) is 20.6. The topological polar surface area (TPSA) is 0 Å². The molecule has 0 saturated heterocycles. The molecule has 102 valence electrons. The van der Waals surface area contributed by atoms with E-state index in [1.807, 2.05) is 0 Å². The number of rotatable bonds is 4. The summed E-state index contributed by atoms with van der Waals surface area (Å²) in [5.74, 6) is 0.768. The van der Waals surface area contributed by atoms with E-state index in [0.29, 0.717) is 10.2 Å². The van der Waals surface area contributed by atoms with Gasteiger partial charge in [0, 0.05) is 4.83 Å². The summed E-state index contributed by atoms with van der Waals surface area (Å²) < 4.78 is 2.48. The lowest BCUT2D eigenvalue weighted by molar-refractivity contribution is 0.230. The molecule has 1 saturated carbocycles. The molecule has 0 bridgehead atoms. The second-order valence-corrected chi connectivity index (χ2v) is 10.5. The second kappa shape index (κ2) is 6.28. The van der Waals surface area contributed by atoms with Crippen molar-refractivity contribution < 1.29 is 0 Å². The van der Waals surface area contributed by atoms with Gasteiger partial charge < -0.3 is 0 Å². The van der Waals surface area contributed by atoms with Gasteiger partial charge in [0.25, 0.3) is 0 Å². The first-order valence-corrected chi connectivity index (χ1v) is 9.85. The van der Waals surface area contributed by atoms with E-state index >= 15 is 0 Å². The van der Waals surface area contributed by atoms with Crippen LogP contribution >= 0.6 is 59.1 Å². The van der Waals surface area contributed by atoms with Gasteiger partial charge in [-0.3, -0.25) is 0 Å². The SMILES string of the molecule is CC(C)CC1(C(Br)c2cc(Br)sc2Br)CCCC1. The van der Waals surface area contributed by atoms with Gasteiger partial charge in [-0.2, -0.15) is 0 Å². The second-order valence-electron chi connectivity index (χ2n) is 5.81. The van der Waals surface area contributed by atoms with Crippen LogP contribution in [0.2, 0.25) is 0 Å². The van der Waals surface area contributed by atoms with Crippen molar-refractivity contribution in [2.45, 2.75) is 50.8 Å². The third-order valence-electron chi connectivity index (χ3n) is 3.91. The summed E-state index contributed by atoms with van der Waals surface area (Å²) in [4.78, 5) is 0.479. The Labute approximate surface area is 139 Å². The molecule has 1 unspecified atom stereocenters. The largest absolute Gasteiger partial charge is 0.121 e. The van der Waals surface area contributed by atoms with Crippen molar-refractivity contribution in [3.8, 4) is 0 Å². The smallest absolute Gasteiger partial charge is 0.0754 e. The van der Waals surface area contributed by atoms with E-state index in [4.69, 9.17) is 0 Å². The van der Waals surface area contributed by atoms with Crippen LogP contribution in [0.15, 0.2) is 13.6 Å². The van der Waals surface area contributed by atoms with Crippen molar-refractivity contribution in [1.82, 2.24) is 0 Å². The number of hydrogen-bond acceptors (Lipinski definition) is 1. The quantitative estimate of drug-likeness (QED) is 0.414. The molecule has 1 aliphatic carbocycles. The standard InChI is InChI=1S/C14H19Br3S/c1-9(2)8-14(5-3-4-6-14)12(16)10-7-11(15)18-13(10)17/h7,9,12H,3-6,8H2,1-2H3. The van der Waals surface area contributed by atoms with Gasteiger partial charge in [0.2, 0.25) is 0 Å². The lowest BCUT2D eigenvalue weighted by Gasteiger charge is -2.36. The maximum atomic E-state index is 4.02. The summed E-state index contributed by atoms with van der Waals surface area (Å²) in [5.41, 5.74) is 1.88. The van der Waals surface area contributed by atoms with E-state index in [1.165, 1.54) is 45.2 Å². The Morgan fingerprint density at radius 1 is 1.28 bits per heavy atom. The highest BCUT2D eigenvalue weighted by atomic mass is 79.9. The predicted molar refractivity (Wildman–Crippen MR) is 91.7 cm³/mol. The number of halogens is 3. The van der Waals surface area contributed by atoms with E-state index in [1.54, 1.807) is 11.3 Å². The number of hydrogen-bond donors (Lipinski definition) is 0. The fraction of sp³-hybridized carbons (Fsp3) is 0.714. The van der Waals surface area contributed by atoms with Crippen LogP contribution in [0, 0.1) is 11.3 Å². The molecule has 1 aliphatic rings. The zero-order valence-electron chi connectivity index (χ0n) is 10.8. The first-order valence-electron chi connectivity index (χ1n) is 6.53. The Bertz CT molecular complexity index is 405. The van der Waals surface area contributed by atoms with Crippen LogP contribution in [0.5, 0.6) is 0 Å². The molecule has 1 heterocycles. The Balaban J connectivity index is 2.28. The number of thiophene rings is 1. The Morgan fingerprint density at radius 2 is 1.89 bits per heavy atom. The molecule has 0 aromatic carbocycles. The molecule has 0 nitrogen and oxygen atoms in total. The van der Waals surface area contributed by atoms with Crippen LogP contribution in [0.4, 0.5) is 0 Å². The zero-order chi connectivity index (χ0) is 13.3. The van der Waals surface area contributed by atoms with Crippen LogP contribution in [-0.4, -0.2) is 0 Å². The zero-order valence-corrected chi connectivity index (χ0v) is 16.4. The molecule has 1 aromatic rings. The van der Waals surface area contributed by atoms with Gasteiger partial charge in [-0.25, -0.2) is 0 Å². The molecule has 0 amide bonds.